The van der Waals surface area contributed by atoms with Crippen molar-refractivity contribution in [2.45, 2.75) is 12.5 Å². The molecule has 0 saturated carbocycles. The largest absolute Gasteiger partial charge is 0.481 e. The van der Waals surface area contributed by atoms with Gasteiger partial charge in [-0.15, -0.1) is 0 Å². The Balaban J connectivity index is 1.85. The number of carboxylic acid groups (broad SMARTS) is 1. The molecule has 0 fully saturated rings. The molecule has 1 heterocycles. The van der Waals surface area contributed by atoms with Gasteiger partial charge < -0.3 is 19.9 Å². The number of halogens is 1. The van der Waals surface area contributed by atoms with E-state index in [0.29, 0.717) is 21.7 Å². The molecule has 0 saturated heterocycles. The third kappa shape index (κ3) is 3.89. The first-order valence-electron chi connectivity index (χ1n) is 7.30. The van der Waals surface area contributed by atoms with Crippen molar-refractivity contribution in [3.05, 3.63) is 58.6 Å². The molecule has 0 spiro atoms. The van der Waals surface area contributed by atoms with Crippen LogP contribution in [-0.4, -0.2) is 27.1 Å². The number of aromatic hydroxyl groups is 1. The highest BCUT2D eigenvalue weighted by Gasteiger charge is 2.19. The van der Waals surface area contributed by atoms with E-state index in [1.807, 2.05) is 0 Å². The molecule has 3 rings (SSSR count). The Hall–Kier alpha value is -3.06. The van der Waals surface area contributed by atoms with E-state index in [1.165, 1.54) is 18.2 Å². The molecule has 2 aromatic carbocycles. The quantitative estimate of drug-likeness (QED) is 0.644. The summed E-state index contributed by atoms with van der Waals surface area (Å²) in [6, 6.07) is 10.3. The van der Waals surface area contributed by atoms with Gasteiger partial charge in [-0.25, -0.2) is 0 Å². The fraction of sp³-hybridized carbons (Fsp3) is 0.118. The zero-order chi connectivity index (χ0) is 18.0. The van der Waals surface area contributed by atoms with E-state index >= 15 is 0 Å². The summed E-state index contributed by atoms with van der Waals surface area (Å²) < 4.78 is 4.94. The van der Waals surface area contributed by atoms with Gasteiger partial charge in [0.05, 0.1) is 12.5 Å². The van der Waals surface area contributed by atoms with Gasteiger partial charge in [-0.2, -0.15) is 4.98 Å². The Labute approximate surface area is 146 Å². The van der Waals surface area contributed by atoms with Crippen LogP contribution in [0, 0.1) is 0 Å². The number of oxazole rings is 1. The molecule has 8 heteroatoms. The van der Waals surface area contributed by atoms with E-state index in [9.17, 15) is 14.7 Å². The molecule has 25 heavy (non-hydrogen) atoms. The summed E-state index contributed by atoms with van der Waals surface area (Å²) in [6.45, 7) is 0. The topological polar surface area (TPSA) is 113 Å². The Morgan fingerprint density at radius 1 is 1.20 bits per heavy atom. The summed E-state index contributed by atoms with van der Waals surface area (Å²) >= 11 is 5.84. The van der Waals surface area contributed by atoms with Crippen LogP contribution >= 0.6 is 11.6 Å². The molecule has 0 radical (unpaired) electrons. The summed E-state index contributed by atoms with van der Waals surface area (Å²) in [4.78, 5) is 27.3. The van der Waals surface area contributed by atoms with Crippen molar-refractivity contribution in [2.75, 3.05) is 0 Å². The van der Waals surface area contributed by atoms with Crippen LogP contribution in [0.4, 0.5) is 0 Å². The molecule has 7 nitrogen and oxygen atoms in total. The summed E-state index contributed by atoms with van der Waals surface area (Å²) in [7, 11) is 0. The van der Waals surface area contributed by atoms with Crippen molar-refractivity contribution in [1.82, 2.24) is 10.3 Å². The number of nitrogens with one attached hydrogen (secondary N) is 1. The lowest BCUT2D eigenvalue weighted by Crippen LogP contribution is -2.30. The lowest BCUT2D eigenvalue weighted by molar-refractivity contribution is -0.137. The van der Waals surface area contributed by atoms with Gasteiger partial charge in [-0.1, -0.05) is 23.7 Å². The van der Waals surface area contributed by atoms with E-state index in [0.717, 1.165) is 0 Å². The number of carbonyl (C=O) groups excluding carboxylic acids is 1. The molecule has 1 amide bonds. The van der Waals surface area contributed by atoms with Crippen LogP contribution in [-0.2, 0) is 4.79 Å². The molecular weight excluding hydrogens is 348 g/mol. The van der Waals surface area contributed by atoms with Crippen molar-refractivity contribution < 1.29 is 24.2 Å². The van der Waals surface area contributed by atoms with E-state index in [-0.39, 0.29) is 12.0 Å². The van der Waals surface area contributed by atoms with Gasteiger partial charge in [0.25, 0.3) is 5.91 Å². The standard InChI is InChI=1S/C17H13ClN2O5/c18-11-4-1-9(2-5-11)12(8-15(21)22)19-16(23)10-3-6-14-13(7-10)20-17(24)25-14/h1-7,12H,8H2,(H,19,23)(H,20,24)(H,21,22). The van der Waals surface area contributed by atoms with E-state index in [1.54, 1.807) is 24.3 Å². The second-order valence-electron chi connectivity index (χ2n) is 5.35. The zero-order valence-electron chi connectivity index (χ0n) is 12.8. The SMILES string of the molecule is O=C(O)CC(NC(=O)c1ccc2oc(O)nc2c1)c1ccc(Cl)cc1. The molecule has 128 valence electrons. The number of carbonyl (C=O) groups is 2. The minimum Gasteiger partial charge on any atom is -0.481 e. The number of hydrogen-bond acceptors (Lipinski definition) is 5. The van der Waals surface area contributed by atoms with Gasteiger partial charge in [0, 0.05) is 10.6 Å². The predicted molar refractivity (Wildman–Crippen MR) is 89.6 cm³/mol. The second kappa shape index (κ2) is 6.82. The van der Waals surface area contributed by atoms with Crippen molar-refractivity contribution in [2.24, 2.45) is 0 Å². The number of hydrogen-bond donors (Lipinski definition) is 3. The maximum Gasteiger partial charge on any atom is 0.392 e. The van der Waals surface area contributed by atoms with Gasteiger partial charge in [-0.05, 0) is 35.9 Å². The van der Waals surface area contributed by atoms with Gasteiger partial charge in [0.1, 0.15) is 5.52 Å². The fourth-order valence-corrected chi connectivity index (χ4v) is 2.55. The second-order valence-corrected chi connectivity index (χ2v) is 5.79. The maximum atomic E-state index is 12.5. The molecule has 3 N–H and O–H groups in total. The van der Waals surface area contributed by atoms with Crippen LogP contribution in [0.3, 0.4) is 0 Å². The van der Waals surface area contributed by atoms with Crippen molar-refractivity contribution in [1.29, 1.82) is 0 Å². The highest BCUT2D eigenvalue weighted by atomic mass is 35.5. The highest BCUT2D eigenvalue weighted by molar-refractivity contribution is 6.30. The zero-order valence-corrected chi connectivity index (χ0v) is 13.5. The molecule has 0 aliphatic rings. The molecule has 1 atom stereocenters. The minimum absolute atomic E-state index is 0.269. The average Bonchev–Trinajstić information content (AvgIpc) is 2.93. The van der Waals surface area contributed by atoms with Crippen LogP contribution in [0.2, 0.25) is 5.02 Å². The van der Waals surface area contributed by atoms with E-state index in [4.69, 9.17) is 21.1 Å². The highest BCUT2D eigenvalue weighted by Crippen LogP contribution is 2.23. The first-order valence-corrected chi connectivity index (χ1v) is 7.68. The van der Waals surface area contributed by atoms with Gasteiger partial charge >= 0.3 is 12.0 Å². The molecular formula is C17H13ClN2O5. The van der Waals surface area contributed by atoms with Crippen LogP contribution in [0.1, 0.15) is 28.4 Å². The predicted octanol–water partition coefficient (Wildman–Crippen LogP) is 3.13. The third-order valence-corrected chi connectivity index (χ3v) is 3.85. The number of rotatable bonds is 5. The maximum absolute atomic E-state index is 12.5. The number of nitrogens with zero attached hydrogens (tertiary/aromatic N) is 1. The van der Waals surface area contributed by atoms with Gasteiger partial charge in [0.2, 0.25) is 0 Å². The molecule has 0 bridgehead atoms. The summed E-state index contributed by atoms with van der Waals surface area (Å²) in [5.41, 5.74) is 1.56. The molecule has 0 aliphatic heterocycles. The van der Waals surface area contributed by atoms with Crippen LogP contribution in [0.15, 0.2) is 46.9 Å². The number of fused-ring (bicyclic) bond motifs is 1. The normalized spacial score (nSPS) is 12.0. The first-order chi connectivity index (χ1) is 11.9. The van der Waals surface area contributed by atoms with Crippen molar-refractivity contribution >= 4 is 34.6 Å². The number of amides is 1. The first kappa shape index (κ1) is 16.8. The third-order valence-electron chi connectivity index (χ3n) is 3.59. The van der Waals surface area contributed by atoms with E-state index in [2.05, 4.69) is 10.3 Å². The Kier molecular flexibility index (Phi) is 4.58. The van der Waals surface area contributed by atoms with Crippen molar-refractivity contribution in [3.63, 3.8) is 0 Å². The molecule has 3 aromatic rings. The Morgan fingerprint density at radius 3 is 2.60 bits per heavy atom. The Bertz CT molecular complexity index is 936. The summed E-state index contributed by atoms with van der Waals surface area (Å²) in [6.07, 6.45) is -0.766. The minimum atomic E-state index is -1.04. The van der Waals surface area contributed by atoms with Crippen molar-refractivity contribution in [3.8, 4) is 6.08 Å². The smallest absolute Gasteiger partial charge is 0.392 e. The molecule has 1 unspecified atom stereocenters. The fourth-order valence-electron chi connectivity index (χ4n) is 2.42. The molecule has 1 aromatic heterocycles. The number of carboxylic acids is 1. The Morgan fingerprint density at radius 2 is 1.92 bits per heavy atom. The lowest BCUT2D eigenvalue weighted by atomic mass is 10.0. The van der Waals surface area contributed by atoms with Gasteiger partial charge in [-0.3, -0.25) is 9.59 Å². The number of aliphatic carboxylic acids is 1. The van der Waals surface area contributed by atoms with Crippen LogP contribution < -0.4 is 5.32 Å². The number of benzene rings is 2. The number of aromatic nitrogens is 1. The van der Waals surface area contributed by atoms with E-state index < -0.39 is 24.0 Å². The van der Waals surface area contributed by atoms with Crippen LogP contribution in [0.25, 0.3) is 11.1 Å². The average molecular weight is 361 g/mol. The monoisotopic (exact) mass is 360 g/mol. The summed E-state index contributed by atoms with van der Waals surface area (Å²) in [5.74, 6) is -1.51. The lowest BCUT2D eigenvalue weighted by Gasteiger charge is -2.17. The van der Waals surface area contributed by atoms with Crippen LogP contribution in [0.5, 0.6) is 6.08 Å². The summed E-state index contributed by atoms with van der Waals surface area (Å²) in [5, 5.41) is 21.5. The van der Waals surface area contributed by atoms with Gasteiger partial charge in [0.15, 0.2) is 5.58 Å². The molecule has 0 aliphatic carbocycles.